The number of rotatable bonds is 4. The van der Waals surface area contributed by atoms with Gasteiger partial charge in [0.05, 0.1) is 19.8 Å². The van der Waals surface area contributed by atoms with E-state index in [9.17, 15) is 24.6 Å². The Morgan fingerprint density at radius 1 is 0.879 bits per heavy atom. The summed E-state index contributed by atoms with van der Waals surface area (Å²) < 4.78 is 19.1. The first-order valence-electron chi connectivity index (χ1n) is 9.16. The molecule has 15 nitrogen and oxygen atoms in total. The van der Waals surface area contributed by atoms with E-state index in [1.807, 2.05) is 0 Å². The minimum Gasteiger partial charge on any atom is -0.870 e. The first-order chi connectivity index (χ1) is 14.5. The number of aliphatic hydroxyl groups is 6. The number of carboxylic acids is 1. The van der Waals surface area contributed by atoms with Crippen molar-refractivity contribution in [1.82, 2.24) is 0 Å². The number of carboxylic acid groups (broad SMARTS) is 1. The van der Waals surface area contributed by atoms with Gasteiger partial charge in [-0.25, -0.2) is 9.59 Å². The van der Waals surface area contributed by atoms with Crippen molar-refractivity contribution in [1.29, 1.82) is 0 Å². The van der Waals surface area contributed by atoms with Gasteiger partial charge in [0.15, 0.2) is 18.3 Å². The number of carbonyl (C=O) groups excluding carboxylic acids is 2. The summed E-state index contributed by atoms with van der Waals surface area (Å²) in [6.07, 6.45) is -10.8. The molecule has 2 aliphatic rings. The fourth-order valence-corrected chi connectivity index (χ4v) is 2.57. The molecule has 16 heteroatoms. The molecule has 2 saturated heterocycles. The van der Waals surface area contributed by atoms with Gasteiger partial charge in [0.25, 0.3) is 0 Å². The number of aliphatic carboxylic acids is 1. The van der Waals surface area contributed by atoms with E-state index in [-0.39, 0.29) is 76.7 Å². The minimum absolute atomic E-state index is 0. The Hall–Kier alpha value is -0.314. The molecule has 8 atom stereocenters. The van der Waals surface area contributed by atoms with Gasteiger partial charge in [-0.05, 0) is 6.92 Å². The van der Waals surface area contributed by atoms with E-state index in [0.29, 0.717) is 0 Å². The van der Waals surface area contributed by atoms with Crippen LogP contribution in [0.5, 0.6) is 0 Å². The van der Waals surface area contributed by atoms with Gasteiger partial charge in [0.1, 0.15) is 30.5 Å². The molecule has 0 radical (unpaired) electrons. The van der Waals surface area contributed by atoms with Crippen molar-refractivity contribution >= 4 is 17.9 Å². The number of esters is 2. The molecule has 0 aliphatic carbocycles. The van der Waals surface area contributed by atoms with Gasteiger partial charge in [0, 0.05) is 14.0 Å². The molecule has 0 amide bonds. The summed E-state index contributed by atoms with van der Waals surface area (Å²) in [5.74, 6) is -2.76. The molecule has 0 spiro atoms. The van der Waals surface area contributed by atoms with E-state index >= 15 is 0 Å². The molecule has 0 unspecified atom stereocenters. The monoisotopic (exact) mass is 514 g/mol. The SMILES string of the molecule is CCOC(=O)[C@@H]1OC[C@H](O)[C@H](O)[C@H]1OC(C)=O.CO.O=C(O)[C@@H]1OC[C@H](O)[C@H](O)[C@H]1O.[K+].[OH-]. The van der Waals surface area contributed by atoms with Crippen molar-refractivity contribution in [3.8, 4) is 0 Å². The Labute approximate surface area is 231 Å². The van der Waals surface area contributed by atoms with Crippen molar-refractivity contribution in [3.05, 3.63) is 0 Å². The molecular formula is C17H31KO15. The van der Waals surface area contributed by atoms with Crippen LogP contribution in [-0.2, 0) is 33.3 Å². The Morgan fingerprint density at radius 2 is 1.33 bits per heavy atom. The number of ether oxygens (including phenoxy) is 4. The normalized spacial score (nSPS) is 32.6. The maximum absolute atomic E-state index is 11.5. The molecule has 0 aromatic carbocycles. The molecular weight excluding hydrogens is 483 g/mol. The molecule has 2 heterocycles. The van der Waals surface area contributed by atoms with Crippen LogP contribution in [0.25, 0.3) is 0 Å². The van der Waals surface area contributed by atoms with Gasteiger partial charge in [-0.3, -0.25) is 4.79 Å². The topological polar surface area (TPSA) is 260 Å². The quantitative estimate of drug-likeness (QED) is 0.136. The molecule has 8 N–H and O–H groups in total. The average molecular weight is 515 g/mol. The molecule has 0 bridgehead atoms. The number of hydrogen-bond acceptors (Lipinski definition) is 14. The number of hydrogen-bond donors (Lipinski definition) is 7. The summed E-state index contributed by atoms with van der Waals surface area (Å²) in [6, 6.07) is 0. The van der Waals surface area contributed by atoms with Crippen LogP contribution in [0, 0.1) is 0 Å². The predicted octanol–water partition coefficient (Wildman–Crippen LogP) is -7.41. The molecule has 0 aromatic heterocycles. The predicted molar refractivity (Wildman–Crippen MR) is 99.4 cm³/mol. The van der Waals surface area contributed by atoms with Crippen LogP contribution in [0.15, 0.2) is 0 Å². The Morgan fingerprint density at radius 3 is 1.76 bits per heavy atom. The molecule has 190 valence electrons. The van der Waals surface area contributed by atoms with Crippen LogP contribution in [0.4, 0.5) is 0 Å². The maximum atomic E-state index is 11.5. The summed E-state index contributed by atoms with van der Waals surface area (Å²) in [4.78, 5) is 32.7. The van der Waals surface area contributed by atoms with Crippen LogP contribution < -0.4 is 51.4 Å². The van der Waals surface area contributed by atoms with E-state index in [2.05, 4.69) is 4.74 Å². The third-order valence-electron chi connectivity index (χ3n) is 4.04. The van der Waals surface area contributed by atoms with Gasteiger partial charge in [-0.15, -0.1) is 0 Å². The Bertz CT molecular complexity index is 577. The van der Waals surface area contributed by atoms with Gasteiger partial charge in [-0.1, -0.05) is 0 Å². The number of aliphatic hydroxyl groups excluding tert-OH is 6. The minimum atomic E-state index is -1.58. The average Bonchev–Trinajstić information content (AvgIpc) is 2.71. The molecule has 2 aliphatic heterocycles. The fraction of sp³-hybridized carbons (Fsp3) is 0.824. The van der Waals surface area contributed by atoms with Crippen molar-refractivity contribution < 1.29 is 126 Å². The Kier molecular flexibility index (Phi) is 21.4. The van der Waals surface area contributed by atoms with E-state index in [1.165, 1.54) is 0 Å². The van der Waals surface area contributed by atoms with E-state index in [1.54, 1.807) is 6.92 Å². The van der Waals surface area contributed by atoms with Crippen LogP contribution in [0.3, 0.4) is 0 Å². The first-order valence-corrected chi connectivity index (χ1v) is 9.16. The second-order valence-corrected chi connectivity index (χ2v) is 6.28. The second-order valence-electron chi connectivity index (χ2n) is 6.28. The van der Waals surface area contributed by atoms with Gasteiger partial charge in [-0.2, -0.15) is 0 Å². The Balaban J connectivity index is -0.000000500. The van der Waals surface area contributed by atoms with Crippen LogP contribution in [0.2, 0.25) is 0 Å². The van der Waals surface area contributed by atoms with Crippen molar-refractivity contribution in [2.24, 2.45) is 0 Å². The fourth-order valence-electron chi connectivity index (χ4n) is 2.57. The second kappa shape index (κ2) is 18.9. The van der Waals surface area contributed by atoms with Crippen LogP contribution in [-0.4, -0.2) is 135 Å². The zero-order chi connectivity index (χ0) is 24.3. The van der Waals surface area contributed by atoms with Gasteiger partial charge < -0.3 is 60.2 Å². The third-order valence-corrected chi connectivity index (χ3v) is 4.04. The summed E-state index contributed by atoms with van der Waals surface area (Å²) in [5, 5.41) is 61.5. The zero-order valence-corrected chi connectivity index (χ0v) is 21.8. The number of carbonyl (C=O) groups is 3. The third kappa shape index (κ3) is 11.8. The first kappa shape index (κ1) is 37.2. The molecule has 0 saturated carbocycles. The molecule has 2 fully saturated rings. The smallest absolute Gasteiger partial charge is 0.870 e. The summed E-state index contributed by atoms with van der Waals surface area (Å²) in [5.41, 5.74) is 0. The molecule has 0 aromatic rings. The van der Waals surface area contributed by atoms with Crippen molar-refractivity contribution in [2.45, 2.75) is 62.7 Å². The van der Waals surface area contributed by atoms with Gasteiger partial charge in [0.2, 0.25) is 0 Å². The largest absolute Gasteiger partial charge is 1.00 e. The standard InChI is InChI=1S/C10H16O7.C6H10O6.CH4O.K.H2O/c1-3-15-10(14)9-8(17-5(2)11)7(13)6(12)4-16-9;7-2-1-12-5(6(10)11)4(9)3(2)8;1-2;;/h6-9,12-13H,3-4H2,1-2H3;2-5,7-9H,1H2,(H,10,11);2H,1H3;;1H2/q;;;+1;/p-1/t6-,7-,8+,9+;2-,3-,4+,5+;;;/m00.../s1. The van der Waals surface area contributed by atoms with E-state index < -0.39 is 66.7 Å². The van der Waals surface area contributed by atoms with Crippen LogP contribution >= 0.6 is 0 Å². The maximum Gasteiger partial charge on any atom is 1.00 e. The van der Waals surface area contributed by atoms with Crippen molar-refractivity contribution in [3.63, 3.8) is 0 Å². The molecule has 33 heavy (non-hydrogen) atoms. The van der Waals surface area contributed by atoms with Gasteiger partial charge >= 0.3 is 69.3 Å². The van der Waals surface area contributed by atoms with Crippen molar-refractivity contribution in [2.75, 3.05) is 26.9 Å². The van der Waals surface area contributed by atoms with Crippen LogP contribution in [0.1, 0.15) is 13.8 Å². The summed E-state index contributed by atoms with van der Waals surface area (Å²) in [7, 11) is 1.00. The summed E-state index contributed by atoms with van der Waals surface area (Å²) in [6.45, 7) is 2.39. The molecule has 2 rings (SSSR count). The van der Waals surface area contributed by atoms with E-state index in [4.69, 9.17) is 39.7 Å². The summed E-state index contributed by atoms with van der Waals surface area (Å²) >= 11 is 0. The zero-order valence-electron chi connectivity index (χ0n) is 18.7. The van der Waals surface area contributed by atoms with E-state index in [0.717, 1.165) is 14.0 Å².